The van der Waals surface area contributed by atoms with Gasteiger partial charge in [-0.3, -0.25) is 39.6 Å². The number of nitro benzene ring substituents is 2. The number of allylic oxidation sites excluding steroid dienone is 6. The first kappa shape index (κ1) is 64.6. The summed E-state index contributed by atoms with van der Waals surface area (Å²) in [5.41, 5.74) is 9.74. The highest BCUT2D eigenvalue weighted by Crippen LogP contribution is 2.44. The fourth-order valence-corrected chi connectivity index (χ4v) is 14.6. The maximum Gasteiger partial charge on any atom is 0.489 e. The summed E-state index contributed by atoms with van der Waals surface area (Å²) in [7, 11) is 1.85. The van der Waals surface area contributed by atoms with E-state index in [1.807, 2.05) is 12.1 Å². The lowest BCUT2D eigenvalue weighted by atomic mass is 9.76. The van der Waals surface area contributed by atoms with Gasteiger partial charge in [0.25, 0.3) is 11.4 Å². The van der Waals surface area contributed by atoms with Gasteiger partial charge >= 0.3 is 14.2 Å². The lowest BCUT2D eigenvalue weighted by molar-refractivity contribution is -0.462. The Bertz CT molecular complexity index is 3770. The fraction of sp³-hybridized carbons (Fsp3) is 0.308. The van der Waals surface area contributed by atoms with E-state index in [4.69, 9.17) is 0 Å². The first-order chi connectivity index (χ1) is 39.9. The average molecular weight is 1170 g/mol. The van der Waals surface area contributed by atoms with Crippen LogP contribution in [-0.2, 0) is 35.8 Å². The van der Waals surface area contributed by atoms with Crippen molar-refractivity contribution in [1.29, 1.82) is 0 Å². The molecular weight excluding hydrogens is 1090 g/mol. The molecule has 0 aromatic heterocycles. The number of fused-ring (bicyclic) bond motifs is 4. The average Bonchev–Trinajstić information content (AvgIpc) is 0.997. The lowest BCUT2D eigenvalue weighted by Gasteiger charge is -2.38. The molecule has 1 aliphatic heterocycles. The van der Waals surface area contributed by atoms with Crippen LogP contribution in [0.2, 0.25) is 13.1 Å². The Labute approximate surface area is 499 Å². The Morgan fingerprint density at radius 3 is 1.74 bits per heavy atom. The molecule has 2 aliphatic rings. The summed E-state index contributed by atoms with van der Waals surface area (Å²) in [6.07, 6.45) is 8.69. The van der Waals surface area contributed by atoms with Crippen molar-refractivity contribution >= 4 is 100 Å². The van der Waals surface area contributed by atoms with Gasteiger partial charge in [-0.1, -0.05) is 88.3 Å². The van der Waals surface area contributed by atoms with E-state index in [9.17, 15) is 49.9 Å². The zero-order valence-corrected chi connectivity index (χ0v) is 50.2. The number of benzene rings is 6. The number of hydrogen-bond donors (Lipinski definition) is 5. The third kappa shape index (κ3) is 14.4. The highest BCUT2D eigenvalue weighted by molar-refractivity contribution is 6.98. The van der Waals surface area contributed by atoms with E-state index in [1.165, 1.54) is 34.6 Å². The highest BCUT2D eigenvalue weighted by atomic mass is 28.3. The second kappa shape index (κ2) is 27.4. The van der Waals surface area contributed by atoms with Crippen LogP contribution in [0.15, 0.2) is 150 Å². The molecule has 0 fully saturated rings. The van der Waals surface area contributed by atoms with Crippen molar-refractivity contribution in [2.45, 2.75) is 86.2 Å². The van der Waals surface area contributed by atoms with Crippen molar-refractivity contribution in [3.05, 3.63) is 204 Å². The van der Waals surface area contributed by atoms with E-state index in [0.717, 1.165) is 66.3 Å². The molecule has 6 aromatic rings. The molecule has 85 heavy (non-hydrogen) atoms. The molecule has 20 heteroatoms. The summed E-state index contributed by atoms with van der Waals surface area (Å²) in [5.74, 6) is -0.308. The normalized spacial score (nSPS) is 13.3. The van der Waals surface area contributed by atoms with E-state index >= 15 is 0 Å². The molecule has 0 spiro atoms. The minimum atomic E-state index is -2.36. The van der Waals surface area contributed by atoms with E-state index < -0.39 is 32.2 Å². The molecule has 1 heterocycles. The quantitative estimate of drug-likeness (QED) is 0.00704. The van der Waals surface area contributed by atoms with Crippen LogP contribution in [0.5, 0.6) is 0 Å². The van der Waals surface area contributed by atoms with Gasteiger partial charge in [0.2, 0.25) is 5.91 Å². The number of nitro groups is 2. The number of nitrogens with one attached hydrogen (secondary N) is 1. The maximum absolute atomic E-state index is 12.8. The van der Waals surface area contributed by atoms with Crippen molar-refractivity contribution < 1.29 is 44.1 Å². The Hall–Kier alpha value is -7.94. The number of rotatable bonds is 25. The van der Waals surface area contributed by atoms with Gasteiger partial charge in [0, 0.05) is 107 Å². The number of unbranched alkanes of at least 4 members (excludes halogenated alkanes) is 1. The third-order valence-corrected chi connectivity index (χ3v) is 19.7. The van der Waals surface area contributed by atoms with Gasteiger partial charge in [0.1, 0.15) is 22.2 Å². The number of amides is 1. The fourth-order valence-electron chi connectivity index (χ4n) is 11.6. The standard InChI is InChI=1S/C64H73B2N7O10Si.CH4/c1-41(2)60(74)18-13-14-30-70(37-44-19-22-48(72(80)81)33-58(44)65(76)77)40-57-51-17-12-11-16-50(51)56(39-71(31-15-29-67-64(75)42(3)4)38-45-20-23-49(73(82)83)34-59(45)66(78)79)52-26-21-43(32-55(52)57)63-53-27-24-46(68(5)6)35-61(53)84(9,10)62-36-47(69(7)8)25-28-54(62)63;/h11-12,16-17,19-28,32-36,76-79H,1,3,13-15,18,29-31,37-40H2,2,4-10H3;1H4/p+1. The predicted octanol–water partition coefficient (Wildman–Crippen LogP) is 7.75. The number of non-ortho nitro benzene ring substituents is 2. The van der Waals surface area contributed by atoms with Crippen molar-refractivity contribution in [2.24, 2.45) is 0 Å². The van der Waals surface area contributed by atoms with Crippen LogP contribution >= 0.6 is 0 Å². The molecule has 0 atom stereocenters. The number of Topliss-reactive ketones (excluding diaryl/α,β-unsaturated/α-hetero) is 1. The lowest BCUT2D eigenvalue weighted by Crippen LogP contribution is -2.49. The van der Waals surface area contributed by atoms with Crippen molar-refractivity contribution in [1.82, 2.24) is 15.1 Å². The van der Waals surface area contributed by atoms with Crippen LogP contribution in [0, 0.1) is 20.2 Å². The minimum Gasteiger partial charge on any atom is -0.423 e. The largest absolute Gasteiger partial charge is 0.489 e. The van der Waals surface area contributed by atoms with Crippen LogP contribution in [0.1, 0.15) is 80.3 Å². The van der Waals surface area contributed by atoms with Gasteiger partial charge < -0.3 is 30.3 Å². The van der Waals surface area contributed by atoms with E-state index in [1.54, 1.807) is 26.0 Å². The Kier molecular flexibility index (Phi) is 20.8. The van der Waals surface area contributed by atoms with E-state index in [2.05, 4.69) is 146 Å². The van der Waals surface area contributed by atoms with Crippen LogP contribution in [0.25, 0.3) is 27.1 Å². The second-order valence-corrected chi connectivity index (χ2v) is 27.3. The van der Waals surface area contributed by atoms with Crippen molar-refractivity contribution in [2.75, 3.05) is 52.7 Å². The Balaban J connectivity index is 0.0000104. The number of ketones is 1. The maximum atomic E-state index is 12.8. The first-order valence-electron chi connectivity index (χ1n) is 28.2. The molecule has 17 nitrogen and oxygen atoms in total. The molecule has 442 valence electrons. The molecule has 0 radical (unpaired) electrons. The molecule has 0 bridgehead atoms. The van der Waals surface area contributed by atoms with Crippen molar-refractivity contribution in [3.63, 3.8) is 0 Å². The second-order valence-electron chi connectivity index (χ2n) is 23.0. The summed E-state index contributed by atoms with van der Waals surface area (Å²) in [6, 6.07) is 29.7. The SMILES string of the molecule is C.C=C(C)C(=O)CCCCN(Cc1ccc([N+](=O)[O-])cc1B(O)O)Cc1c2ccccc2c(CN(CCCNC(=O)C(=C)C)Cc2ccc([N+](=O)[O-])cc2B(O)O)c2ccc(C3=C4C=CC(=[N+](C)C)C=C4[Si](C)(C)c4cc(N(C)C)ccc43)cc12. The van der Waals surface area contributed by atoms with Gasteiger partial charge in [-0.15, -0.1) is 0 Å². The van der Waals surface area contributed by atoms with Gasteiger partial charge in [0.15, 0.2) is 11.5 Å². The molecule has 6 aromatic carbocycles. The zero-order chi connectivity index (χ0) is 60.9. The third-order valence-electron chi connectivity index (χ3n) is 16.2. The van der Waals surface area contributed by atoms with Crippen LogP contribution in [-0.4, -0.2) is 132 Å². The molecule has 0 unspecified atom stereocenters. The topological polar surface area (TPSA) is 226 Å². The molecule has 5 N–H and O–H groups in total. The van der Waals surface area contributed by atoms with Gasteiger partial charge in [-0.25, -0.2) is 4.58 Å². The number of carbonyl (C=O) groups excluding carboxylic acids is 2. The van der Waals surface area contributed by atoms with Crippen LogP contribution < -0.4 is 26.3 Å². The van der Waals surface area contributed by atoms with Gasteiger partial charge in [-0.05, 0) is 157 Å². The van der Waals surface area contributed by atoms with Crippen LogP contribution in [0.4, 0.5) is 17.1 Å². The molecule has 1 aliphatic carbocycles. The number of hydrogen-bond acceptors (Lipinski definition) is 13. The van der Waals surface area contributed by atoms with Gasteiger partial charge in [-0.2, -0.15) is 0 Å². The summed E-state index contributed by atoms with van der Waals surface area (Å²) < 4.78 is 2.13. The predicted molar refractivity (Wildman–Crippen MR) is 347 cm³/mol. The Morgan fingerprint density at radius 1 is 0.671 bits per heavy atom. The highest BCUT2D eigenvalue weighted by Gasteiger charge is 2.41. The van der Waals surface area contributed by atoms with E-state index in [-0.39, 0.29) is 54.5 Å². The first-order valence-corrected chi connectivity index (χ1v) is 31.2. The van der Waals surface area contributed by atoms with E-state index in [0.29, 0.717) is 80.7 Å². The summed E-state index contributed by atoms with van der Waals surface area (Å²) in [6.45, 7) is 17.9. The summed E-state index contributed by atoms with van der Waals surface area (Å²) in [4.78, 5) is 54.7. The summed E-state index contributed by atoms with van der Waals surface area (Å²) >= 11 is 0. The zero-order valence-electron chi connectivity index (χ0n) is 49.2. The van der Waals surface area contributed by atoms with Crippen LogP contribution in [0.3, 0.4) is 0 Å². The van der Waals surface area contributed by atoms with Crippen molar-refractivity contribution in [3.8, 4) is 0 Å². The number of nitrogens with zero attached hydrogens (tertiary/aromatic N) is 6. The monoisotopic (exact) mass is 1170 g/mol. The smallest absolute Gasteiger partial charge is 0.423 e. The molecular formula is C65H78B2N7O10Si+. The summed E-state index contributed by atoms with van der Waals surface area (Å²) in [5, 5.41) is 75.9. The number of anilines is 1. The molecule has 8 rings (SSSR count). The molecule has 1 amide bonds. The minimum absolute atomic E-state index is 0. The van der Waals surface area contributed by atoms with Gasteiger partial charge in [0.05, 0.1) is 9.85 Å². The Morgan fingerprint density at radius 2 is 1.22 bits per heavy atom. The number of carbonyl (C=O) groups is 2. The molecule has 0 saturated carbocycles. The molecule has 0 saturated heterocycles.